The number of hydrogen-bond acceptors (Lipinski definition) is 28. The first-order chi connectivity index (χ1) is 39.0. The SMILES string of the molecule is C=C(C)[C@H]1[C@@H]2C[C@@]3(C)C4=CC[C@H]5C(C)(C)[C@@H](O[C@@H]6OC[C@@H](OS(=O)(=O)[O-])[C@H](O)[C@H]6O[C@@H]6O[C@H](C)[C@@H](O[C@@H]7O[C@H](CO)[C@@H](O)[C@H](O[C@@H]8OC[C@@H](O)[C@H](OC)[C@H]8O)[C@H]7O)[C@H](O)[C@H]6O[C@@H]6O[C@H](CO)[C@@H](O)[C@H](O)[C@H]6O)CC[C@]5(C)[C@H]4CC[C@]13C(=O)O2.[Na+]. The predicted molar refractivity (Wildman–Crippen MR) is 272 cm³/mol. The molecule has 3 saturated carbocycles. The second-order valence-electron chi connectivity index (χ2n) is 25.5. The third kappa shape index (κ3) is 11.4. The van der Waals surface area contributed by atoms with Gasteiger partial charge in [0.05, 0.1) is 44.1 Å². The molecule has 11 N–H and O–H groups in total. The summed E-state index contributed by atoms with van der Waals surface area (Å²) in [5.41, 5.74) is 0.134. The number of carbonyl (C=O) groups excluding carboxylic acids is 1. The second-order valence-corrected chi connectivity index (χ2v) is 26.5. The molecule has 1 spiro atoms. The molecule has 2 bridgehead atoms. The molecule has 4 aliphatic carbocycles. The zero-order chi connectivity index (χ0) is 60.4. The summed E-state index contributed by atoms with van der Waals surface area (Å²) in [6, 6.07) is 0. The van der Waals surface area contributed by atoms with Crippen molar-refractivity contribution in [3.8, 4) is 0 Å². The smallest absolute Gasteiger partial charge is 0.726 e. The molecule has 84 heavy (non-hydrogen) atoms. The van der Waals surface area contributed by atoms with Crippen LogP contribution in [0.5, 0.6) is 0 Å². The van der Waals surface area contributed by atoms with Gasteiger partial charge in [-0.25, -0.2) is 8.42 Å². The first kappa shape index (κ1) is 67.3. The number of aliphatic hydroxyl groups is 11. The normalized spacial score (nSPS) is 51.8. The van der Waals surface area contributed by atoms with E-state index in [2.05, 4.69) is 40.3 Å². The minimum Gasteiger partial charge on any atom is -0.726 e. The van der Waals surface area contributed by atoms with Gasteiger partial charge in [-0.2, -0.15) is 0 Å². The van der Waals surface area contributed by atoms with Crippen LogP contribution in [0.2, 0.25) is 0 Å². The molecule has 0 aromatic rings. The number of hydrogen-bond donors (Lipinski definition) is 11. The van der Waals surface area contributed by atoms with Crippen molar-refractivity contribution in [3.63, 3.8) is 0 Å². The average Bonchev–Trinajstić information content (AvgIpc) is 1.55. The summed E-state index contributed by atoms with van der Waals surface area (Å²) in [6.45, 7) is 13.4. The minimum absolute atomic E-state index is 0. The van der Waals surface area contributed by atoms with Crippen LogP contribution in [0.25, 0.3) is 0 Å². The Morgan fingerprint density at radius 3 is 1.94 bits per heavy atom. The fraction of sp³-hybridized carbons (Fsp3) is 0.907. The van der Waals surface area contributed by atoms with Crippen LogP contribution in [0.1, 0.15) is 80.1 Å². The Hall–Kier alpha value is -1.06. The minimum atomic E-state index is -5.51. The van der Waals surface area contributed by atoms with Gasteiger partial charge in [0.25, 0.3) is 0 Å². The van der Waals surface area contributed by atoms with E-state index >= 15 is 0 Å². The molecule has 0 unspecified atom stereocenters. The van der Waals surface area contributed by atoms with E-state index in [-0.39, 0.29) is 71.4 Å². The summed E-state index contributed by atoms with van der Waals surface area (Å²) in [4.78, 5) is 13.8. The number of carbonyl (C=O) groups is 1. The van der Waals surface area contributed by atoms with Crippen molar-refractivity contribution >= 4 is 16.4 Å². The molecule has 28 nitrogen and oxygen atoms in total. The molecule has 10 rings (SSSR count). The van der Waals surface area contributed by atoms with Crippen LogP contribution in [-0.4, -0.2) is 262 Å². The van der Waals surface area contributed by atoms with E-state index in [9.17, 15) is 73.9 Å². The molecule has 6 heterocycles. The average molecular weight is 1240 g/mol. The van der Waals surface area contributed by atoms with Gasteiger partial charge in [-0.3, -0.25) is 8.98 Å². The van der Waals surface area contributed by atoms with Gasteiger partial charge in [-0.05, 0) is 75.0 Å². The van der Waals surface area contributed by atoms with Crippen LogP contribution in [0.3, 0.4) is 0 Å². The van der Waals surface area contributed by atoms with E-state index in [1.807, 2.05) is 6.92 Å². The van der Waals surface area contributed by atoms with E-state index < -0.39 is 194 Å². The Bertz CT molecular complexity index is 2490. The van der Waals surface area contributed by atoms with Gasteiger partial charge >= 0.3 is 35.5 Å². The molecule has 0 radical (unpaired) electrons. The van der Waals surface area contributed by atoms with E-state index in [1.165, 1.54) is 19.6 Å². The molecule has 0 aromatic heterocycles. The van der Waals surface area contributed by atoms with E-state index in [4.69, 9.17) is 61.0 Å². The van der Waals surface area contributed by atoms with Crippen molar-refractivity contribution < 1.29 is 165 Å². The molecule has 6 saturated heterocycles. The van der Waals surface area contributed by atoms with Gasteiger partial charge in [0.1, 0.15) is 110 Å². The Kier molecular flexibility index (Phi) is 20.2. The molecule has 10 aliphatic rings. The van der Waals surface area contributed by atoms with Gasteiger partial charge in [0.2, 0.25) is 10.4 Å². The molecule has 31 atom stereocenters. The Balaban J connectivity index is 0.00000846. The Morgan fingerprint density at radius 2 is 1.30 bits per heavy atom. The molecular weight excluding hydrogens is 1150 g/mol. The van der Waals surface area contributed by atoms with Crippen molar-refractivity contribution in [2.75, 3.05) is 33.5 Å². The van der Waals surface area contributed by atoms with Gasteiger partial charge in [-0.15, -0.1) is 0 Å². The largest absolute Gasteiger partial charge is 1.00 e. The third-order valence-corrected chi connectivity index (χ3v) is 21.0. The molecule has 9 fully saturated rings. The summed E-state index contributed by atoms with van der Waals surface area (Å²) >= 11 is 0. The Morgan fingerprint density at radius 1 is 0.702 bits per heavy atom. The van der Waals surface area contributed by atoms with Crippen molar-refractivity contribution in [3.05, 3.63) is 23.8 Å². The van der Waals surface area contributed by atoms with E-state index in [1.54, 1.807) is 0 Å². The number of esters is 1. The quantitative estimate of drug-likeness (QED) is 0.0225. The number of methoxy groups -OCH3 is 1. The van der Waals surface area contributed by atoms with Gasteiger partial charge in [0.15, 0.2) is 31.5 Å². The molecule has 6 aliphatic heterocycles. The number of allylic oxidation sites excluding steroid dienone is 2. The van der Waals surface area contributed by atoms with Crippen molar-refractivity contribution in [2.24, 2.45) is 39.4 Å². The van der Waals surface area contributed by atoms with Crippen LogP contribution >= 0.6 is 0 Å². The fourth-order valence-electron chi connectivity index (χ4n) is 16.4. The summed E-state index contributed by atoms with van der Waals surface area (Å²) in [5.74, 6) is -0.141. The predicted octanol–water partition coefficient (Wildman–Crippen LogP) is -6.39. The zero-order valence-electron chi connectivity index (χ0n) is 48.3. The maximum absolute atomic E-state index is 13.8. The number of fused-ring (bicyclic) bond motifs is 5. The molecule has 474 valence electrons. The Labute approximate surface area is 508 Å². The summed E-state index contributed by atoms with van der Waals surface area (Å²) < 4.78 is 113. The topological polar surface area (TPSA) is 417 Å². The zero-order valence-corrected chi connectivity index (χ0v) is 51.1. The van der Waals surface area contributed by atoms with Gasteiger partial charge in [0, 0.05) is 18.4 Å². The standard InChI is InChI=1S/C54H84O28S.Na/c1-20(2)31-25-15-53(7)23-9-10-29-51(4,5)30(12-13-52(29,6)22(23)11-14-54(31,53)50(66)76-25)77-48-43(34(60)28(19-72-48)82-83(67,68)69)81-49-44(80-46-36(62)35(61)32(58)26(16-55)74-46)37(63)40(21(3)73-49)78-47-39(65)42(33(59)27(17-56)75-47)79-45-38(64)41(70-8)24(57)18-71-45;/h9,21-22,24-49,55-65H,1,10-19H2,2-8H3,(H,67,68,69);/q;+1/p-1/t21-,22+,24-,25+,26-,27-,28-,29+,30+,31+,32-,33-,34+,35+,36-,37+,38-,39-,40-,41+,42+,43-,44-,45+,46+,47+,48+,49+,52-,53+,54-;/m1./s1. The van der Waals surface area contributed by atoms with Crippen LogP contribution in [-0.2, 0) is 76.2 Å². The van der Waals surface area contributed by atoms with E-state index in [0.29, 0.717) is 32.1 Å². The first-order valence-corrected chi connectivity index (χ1v) is 29.9. The summed E-state index contributed by atoms with van der Waals surface area (Å²) in [7, 11) is -4.29. The number of ether oxygens (including phenoxy) is 12. The number of aliphatic hydroxyl groups excluding tert-OH is 11. The monoisotopic (exact) mass is 1230 g/mol. The number of rotatable bonds is 16. The maximum Gasteiger partial charge on any atom is 1.00 e. The first-order valence-electron chi connectivity index (χ1n) is 28.5. The summed E-state index contributed by atoms with van der Waals surface area (Å²) in [6.07, 6.45) is -35.7. The van der Waals surface area contributed by atoms with Gasteiger partial charge in [-0.1, -0.05) is 51.5 Å². The third-order valence-electron chi connectivity index (χ3n) is 20.6. The second kappa shape index (κ2) is 25.2. The van der Waals surface area contributed by atoms with Crippen LogP contribution < -0.4 is 29.6 Å². The van der Waals surface area contributed by atoms with E-state index in [0.717, 1.165) is 12.0 Å². The molecule has 30 heteroatoms. The fourth-order valence-corrected chi connectivity index (χ4v) is 16.9. The molecular formula is C54H83NaO28S. The van der Waals surface area contributed by atoms with Crippen molar-refractivity contribution in [1.29, 1.82) is 0 Å². The van der Waals surface area contributed by atoms with Crippen molar-refractivity contribution in [1.82, 2.24) is 0 Å². The maximum atomic E-state index is 13.8. The molecule has 0 aromatic carbocycles. The molecule has 0 amide bonds. The van der Waals surface area contributed by atoms with Crippen molar-refractivity contribution in [2.45, 2.75) is 234 Å². The summed E-state index contributed by atoms with van der Waals surface area (Å²) in [5, 5.41) is 122. The van der Waals surface area contributed by atoms with Gasteiger partial charge < -0.3 is 118 Å². The van der Waals surface area contributed by atoms with Crippen LogP contribution in [0.15, 0.2) is 23.8 Å². The van der Waals surface area contributed by atoms with Crippen LogP contribution in [0.4, 0.5) is 0 Å². The van der Waals surface area contributed by atoms with Crippen LogP contribution in [0, 0.1) is 39.4 Å².